The number of hydrogen-bond donors (Lipinski definition) is 3. The van der Waals surface area contributed by atoms with Crippen LogP contribution in [0.25, 0.3) is 0 Å². The number of aliphatic carboxylic acids is 1. The first-order valence-corrected chi connectivity index (χ1v) is 5.45. The van der Waals surface area contributed by atoms with E-state index < -0.39 is 17.9 Å². The largest absolute Gasteiger partial charge is 0.478 e. The average molecular weight is 266 g/mol. The zero-order valence-corrected chi connectivity index (χ0v) is 10.3. The van der Waals surface area contributed by atoms with Crippen LogP contribution in [0.1, 0.15) is 5.69 Å². The number of nitrogens with zero attached hydrogens (tertiary/aromatic N) is 2. The van der Waals surface area contributed by atoms with E-state index in [1.807, 2.05) is 11.4 Å². The highest BCUT2D eigenvalue weighted by atomic mass is 16.4. The number of hydrogen-bond acceptors (Lipinski definition) is 4. The third kappa shape index (κ3) is 5.48. The molecule has 0 aromatic carbocycles. The molecule has 8 heteroatoms. The number of carboxylic acids is 1. The van der Waals surface area contributed by atoms with Gasteiger partial charge in [-0.2, -0.15) is 5.10 Å². The van der Waals surface area contributed by atoms with Crippen LogP contribution in [0.15, 0.2) is 24.4 Å². The van der Waals surface area contributed by atoms with Crippen molar-refractivity contribution in [1.29, 1.82) is 0 Å². The van der Waals surface area contributed by atoms with E-state index in [0.717, 1.165) is 11.8 Å². The Morgan fingerprint density at radius 1 is 1.42 bits per heavy atom. The molecule has 0 radical (unpaired) electrons. The van der Waals surface area contributed by atoms with Gasteiger partial charge in [-0.05, 0) is 6.07 Å². The SMILES string of the molecule is Cn1nccc1CCNC(=O)NC(=O)/C=C/C(=O)O. The van der Waals surface area contributed by atoms with E-state index in [1.54, 1.807) is 17.9 Å². The van der Waals surface area contributed by atoms with Gasteiger partial charge in [0.15, 0.2) is 0 Å². The highest BCUT2D eigenvalue weighted by Gasteiger charge is 2.05. The standard InChI is InChI=1S/C11H14N4O4/c1-15-8(5-7-13-15)4-6-12-11(19)14-9(16)2-3-10(17)18/h2-3,5,7H,4,6H2,1H3,(H,17,18)(H2,12,14,16,19)/b3-2+. The summed E-state index contributed by atoms with van der Waals surface area (Å²) in [5, 5.41) is 16.7. The normalized spacial score (nSPS) is 10.4. The molecule has 0 saturated heterocycles. The van der Waals surface area contributed by atoms with E-state index in [9.17, 15) is 14.4 Å². The van der Waals surface area contributed by atoms with E-state index in [0.29, 0.717) is 19.0 Å². The van der Waals surface area contributed by atoms with Crippen LogP contribution < -0.4 is 10.6 Å². The summed E-state index contributed by atoms with van der Waals surface area (Å²) in [4.78, 5) is 32.5. The van der Waals surface area contributed by atoms with Crippen molar-refractivity contribution >= 4 is 17.9 Å². The van der Waals surface area contributed by atoms with Gasteiger partial charge < -0.3 is 10.4 Å². The maximum atomic E-state index is 11.3. The van der Waals surface area contributed by atoms with Gasteiger partial charge in [-0.1, -0.05) is 0 Å². The molecule has 0 aliphatic rings. The smallest absolute Gasteiger partial charge is 0.328 e. The third-order valence-corrected chi connectivity index (χ3v) is 2.20. The second kappa shape index (κ2) is 6.94. The van der Waals surface area contributed by atoms with Gasteiger partial charge in [0.05, 0.1) is 0 Å². The highest BCUT2D eigenvalue weighted by molar-refractivity contribution is 6.02. The fraction of sp³-hybridized carbons (Fsp3) is 0.273. The van der Waals surface area contributed by atoms with E-state index in [-0.39, 0.29) is 0 Å². The fourth-order valence-electron chi connectivity index (χ4n) is 1.30. The van der Waals surface area contributed by atoms with Crippen molar-refractivity contribution in [1.82, 2.24) is 20.4 Å². The Labute approximate surface area is 109 Å². The van der Waals surface area contributed by atoms with Crippen molar-refractivity contribution in [2.24, 2.45) is 7.05 Å². The summed E-state index contributed by atoms with van der Waals surface area (Å²) in [7, 11) is 1.79. The van der Waals surface area contributed by atoms with Crippen LogP contribution in [0.3, 0.4) is 0 Å². The van der Waals surface area contributed by atoms with Crippen LogP contribution >= 0.6 is 0 Å². The van der Waals surface area contributed by atoms with Gasteiger partial charge in [0.1, 0.15) is 0 Å². The molecule has 1 aromatic heterocycles. The molecule has 8 nitrogen and oxygen atoms in total. The summed E-state index contributed by atoms with van der Waals surface area (Å²) in [5.74, 6) is -2.05. The molecule has 0 atom stereocenters. The molecule has 0 spiro atoms. The summed E-state index contributed by atoms with van der Waals surface area (Å²) in [6, 6.07) is 1.14. The van der Waals surface area contributed by atoms with Crippen molar-refractivity contribution < 1.29 is 19.5 Å². The van der Waals surface area contributed by atoms with Crippen LogP contribution in [-0.2, 0) is 23.1 Å². The molecule has 0 saturated carbocycles. The number of amides is 3. The van der Waals surface area contributed by atoms with Crippen LogP contribution in [0.4, 0.5) is 4.79 Å². The van der Waals surface area contributed by atoms with E-state index in [2.05, 4.69) is 10.4 Å². The van der Waals surface area contributed by atoms with Crippen LogP contribution in [-0.4, -0.2) is 39.3 Å². The van der Waals surface area contributed by atoms with Crippen molar-refractivity contribution in [3.8, 4) is 0 Å². The Morgan fingerprint density at radius 2 is 2.16 bits per heavy atom. The number of carboxylic acid groups (broad SMARTS) is 1. The molecule has 0 unspecified atom stereocenters. The van der Waals surface area contributed by atoms with E-state index in [4.69, 9.17) is 5.11 Å². The van der Waals surface area contributed by atoms with E-state index in [1.165, 1.54) is 0 Å². The first-order chi connectivity index (χ1) is 8.99. The first-order valence-electron chi connectivity index (χ1n) is 5.45. The van der Waals surface area contributed by atoms with Crippen molar-refractivity contribution in [2.75, 3.05) is 6.54 Å². The maximum Gasteiger partial charge on any atom is 0.328 e. The Kier molecular flexibility index (Phi) is 5.27. The predicted molar refractivity (Wildman–Crippen MR) is 65.2 cm³/mol. The minimum atomic E-state index is -1.26. The zero-order chi connectivity index (χ0) is 14.3. The molecule has 102 valence electrons. The fourth-order valence-corrected chi connectivity index (χ4v) is 1.30. The third-order valence-electron chi connectivity index (χ3n) is 2.20. The molecule has 0 fully saturated rings. The van der Waals surface area contributed by atoms with Gasteiger partial charge in [0.2, 0.25) is 0 Å². The molecule has 1 rings (SSSR count). The van der Waals surface area contributed by atoms with Gasteiger partial charge in [-0.25, -0.2) is 9.59 Å². The average Bonchev–Trinajstić information content (AvgIpc) is 2.72. The minimum Gasteiger partial charge on any atom is -0.478 e. The quantitative estimate of drug-likeness (QED) is 0.618. The summed E-state index contributed by atoms with van der Waals surface area (Å²) in [5.41, 5.74) is 0.942. The van der Waals surface area contributed by atoms with Gasteiger partial charge in [-0.15, -0.1) is 0 Å². The van der Waals surface area contributed by atoms with Gasteiger partial charge in [0, 0.05) is 44.1 Å². The first kappa shape index (κ1) is 14.4. The molecule has 0 aliphatic heterocycles. The second-order valence-electron chi connectivity index (χ2n) is 3.61. The van der Waals surface area contributed by atoms with Gasteiger partial charge >= 0.3 is 12.0 Å². The van der Waals surface area contributed by atoms with Gasteiger partial charge in [0.25, 0.3) is 5.91 Å². The lowest BCUT2D eigenvalue weighted by molar-refractivity contribution is -0.131. The summed E-state index contributed by atoms with van der Waals surface area (Å²) in [6.45, 7) is 0.335. The monoisotopic (exact) mass is 266 g/mol. The second-order valence-corrected chi connectivity index (χ2v) is 3.61. The molecule has 3 amide bonds. The predicted octanol–water partition coefficient (Wildman–Crippen LogP) is -0.571. The molecule has 0 bridgehead atoms. The summed E-state index contributed by atoms with van der Waals surface area (Å²) < 4.78 is 1.68. The van der Waals surface area contributed by atoms with Crippen LogP contribution in [0, 0.1) is 0 Å². The lowest BCUT2D eigenvalue weighted by Gasteiger charge is -2.05. The number of aryl methyl sites for hydroxylation is 1. The maximum absolute atomic E-state index is 11.3. The molecule has 1 heterocycles. The van der Waals surface area contributed by atoms with Crippen molar-refractivity contribution in [3.63, 3.8) is 0 Å². The topological polar surface area (TPSA) is 113 Å². The molecular weight excluding hydrogens is 252 g/mol. The lowest BCUT2D eigenvalue weighted by Crippen LogP contribution is -2.39. The highest BCUT2D eigenvalue weighted by Crippen LogP contribution is 1.95. The number of nitrogens with one attached hydrogen (secondary N) is 2. The van der Waals surface area contributed by atoms with Gasteiger partial charge in [-0.3, -0.25) is 14.8 Å². The van der Waals surface area contributed by atoms with Crippen LogP contribution in [0.5, 0.6) is 0 Å². The number of imide groups is 1. The molecule has 0 aliphatic carbocycles. The van der Waals surface area contributed by atoms with E-state index >= 15 is 0 Å². The number of aromatic nitrogens is 2. The zero-order valence-electron chi connectivity index (χ0n) is 10.3. The number of rotatable bonds is 5. The molecule has 1 aromatic rings. The molecule has 3 N–H and O–H groups in total. The summed E-state index contributed by atoms with van der Waals surface area (Å²) in [6.07, 6.45) is 3.64. The molecule has 19 heavy (non-hydrogen) atoms. The Morgan fingerprint density at radius 3 is 2.74 bits per heavy atom. The Bertz CT molecular complexity index is 507. The Hall–Kier alpha value is -2.64. The number of urea groups is 1. The van der Waals surface area contributed by atoms with Crippen LogP contribution in [0.2, 0.25) is 0 Å². The summed E-state index contributed by atoms with van der Waals surface area (Å²) >= 11 is 0. The molecular formula is C11H14N4O4. The van der Waals surface area contributed by atoms with Crippen molar-refractivity contribution in [2.45, 2.75) is 6.42 Å². The number of carbonyl (C=O) groups is 3. The Balaban J connectivity index is 2.27. The minimum absolute atomic E-state index is 0.335. The number of carbonyl (C=O) groups excluding carboxylic acids is 2. The lowest BCUT2D eigenvalue weighted by atomic mass is 10.3. The van der Waals surface area contributed by atoms with Crippen molar-refractivity contribution in [3.05, 3.63) is 30.1 Å².